The van der Waals surface area contributed by atoms with Gasteiger partial charge >= 0.3 is 0 Å². The number of nitrogens with two attached hydrogens (primary N) is 1. The minimum Gasteiger partial charge on any atom is -0.381 e. The van der Waals surface area contributed by atoms with Gasteiger partial charge in [0.2, 0.25) is 5.91 Å². The monoisotopic (exact) mass is 254 g/mol. The molecule has 1 aliphatic carbocycles. The first kappa shape index (κ1) is 13.8. The number of carbonyl (C=O) groups is 1. The maximum Gasteiger partial charge on any atom is 0.237 e. The average molecular weight is 254 g/mol. The lowest BCUT2D eigenvalue weighted by Gasteiger charge is -2.27. The van der Waals surface area contributed by atoms with Crippen LogP contribution in [0.15, 0.2) is 0 Å². The van der Waals surface area contributed by atoms with Crippen molar-refractivity contribution in [2.24, 2.45) is 11.7 Å². The summed E-state index contributed by atoms with van der Waals surface area (Å²) in [5, 5.41) is 3.06. The predicted molar refractivity (Wildman–Crippen MR) is 71.2 cm³/mol. The number of ether oxygens (including phenoxy) is 1. The molecular formula is C14H26N2O2. The van der Waals surface area contributed by atoms with E-state index in [9.17, 15) is 4.79 Å². The summed E-state index contributed by atoms with van der Waals surface area (Å²) in [6.45, 7) is 1.51. The number of carbonyl (C=O) groups excluding carboxylic acids is 1. The molecule has 1 saturated carbocycles. The van der Waals surface area contributed by atoms with Gasteiger partial charge in [-0.3, -0.25) is 4.79 Å². The molecule has 1 aliphatic heterocycles. The standard InChI is InChI=1S/C14H26N2O2/c15-13(10-11-4-2-1-3-5-11)14(17)16-12-6-8-18-9-7-12/h11-13H,1-10,15H2,(H,16,17). The van der Waals surface area contributed by atoms with Gasteiger partial charge in [-0.25, -0.2) is 0 Å². The second-order valence-corrected chi connectivity index (χ2v) is 5.74. The van der Waals surface area contributed by atoms with Gasteiger partial charge in [0.1, 0.15) is 0 Å². The van der Waals surface area contributed by atoms with E-state index in [4.69, 9.17) is 10.5 Å². The molecule has 0 radical (unpaired) electrons. The molecule has 104 valence electrons. The van der Waals surface area contributed by atoms with E-state index in [-0.39, 0.29) is 18.0 Å². The van der Waals surface area contributed by atoms with Crippen LogP contribution in [0.4, 0.5) is 0 Å². The summed E-state index contributed by atoms with van der Waals surface area (Å²) in [6.07, 6.45) is 9.15. The molecule has 0 aromatic heterocycles. The van der Waals surface area contributed by atoms with Crippen molar-refractivity contribution in [2.45, 2.75) is 63.5 Å². The van der Waals surface area contributed by atoms with Crippen molar-refractivity contribution in [1.82, 2.24) is 5.32 Å². The Bertz CT molecular complexity index is 259. The smallest absolute Gasteiger partial charge is 0.237 e. The zero-order valence-electron chi connectivity index (χ0n) is 11.2. The molecule has 2 aliphatic rings. The Kier molecular flexibility index (Phi) is 5.45. The van der Waals surface area contributed by atoms with Crippen molar-refractivity contribution >= 4 is 5.91 Å². The SMILES string of the molecule is NC(CC1CCCCC1)C(=O)NC1CCOCC1. The summed E-state index contributed by atoms with van der Waals surface area (Å²) in [5.41, 5.74) is 6.02. The Morgan fingerprint density at radius 1 is 1.17 bits per heavy atom. The maximum absolute atomic E-state index is 12.0. The highest BCUT2D eigenvalue weighted by Gasteiger charge is 2.23. The quantitative estimate of drug-likeness (QED) is 0.800. The number of nitrogens with one attached hydrogen (secondary N) is 1. The van der Waals surface area contributed by atoms with Gasteiger partial charge in [-0.15, -0.1) is 0 Å². The highest BCUT2D eigenvalue weighted by molar-refractivity contribution is 5.81. The Hall–Kier alpha value is -0.610. The molecule has 1 heterocycles. The number of hydrogen-bond acceptors (Lipinski definition) is 3. The molecule has 1 amide bonds. The molecule has 18 heavy (non-hydrogen) atoms. The lowest BCUT2D eigenvalue weighted by atomic mass is 9.85. The van der Waals surface area contributed by atoms with Gasteiger partial charge in [0.25, 0.3) is 0 Å². The van der Waals surface area contributed by atoms with Crippen molar-refractivity contribution in [1.29, 1.82) is 0 Å². The van der Waals surface area contributed by atoms with Crippen LogP contribution in [0.3, 0.4) is 0 Å². The Labute approximate surface area is 110 Å². The summed E-state index contributed by atoms with van der Waals surface area (Å²) >= 11 is 0. The first-order valence-electron chi connectivity index (χ1n) is 7.39. The summed E-state index contributed by atoms with van der Waals surface area (Å²) in [7, 11) is 0. The first-order chi connectivity index (χ1) is 8.75. The van der Waals surface area contributed by atoms with Gasteiger partial charge in [0.05, 0.1) is 6.04 Å². The van der Waals surface area contributed by atoms with E-state index in [2.05, 4.69) is 5.32 Å². The Morgan fingerprint density at radius 3 is 2.50 bits per heavy atom. The highest BCUT2D eigenvalue weighted by atomic mass is 16.5. The van der Waals surface area contributed by atoms with Crippen LogP contribution in [0.25, 0.3) is 0 Å². The van der Waals surface area contributed by atoms with Gasteiger partial charge in [-0.2, -0.15) is 0 Å². The van der Waals surface area contributed by atoms with E-state index < -0.39 is 0 Å². The van der Waals surface area contributed by atoms with Gasteiger partial charge in [-0.05, 0) is 25.2 Å². The molecule has 4 nitrogen and oxygen atoms in total. The van der Waals surface area contributed by atoms with Crippen LogP contribution in [0.5, 0.6) is 0 Å². The molecule has 4 heteroatoms. The molecule has 2 rings (SSSR count). The third-order valence-corrected chi connectivity index (χ3v) is 4.22. The molecule has 1 saturated heterocycles. The molecule has 1 unspecified atom stereocenters. The predicted octanol–water partition coefficient (Wildman–Crippen LogP) is 1.58. The van der Waals surface area contributed by atoms with Crippen molar-refractivity contribution in [3.63, 3.8) is 0 Å². The van der Waals surface area contributed by atoms with Crippen LogP contribution in [-0.2, 0) is 9.53 Å². The van der Waals surface area contributed by atoms with E-state index in [1.807, 2.05) is 0 Å². The third-order valence-electron chi connectivity index (χ3n) is 4.22. The van der Waals surface area contributed by atoms with E-state index >= 15 is 0 Å². The Morgan fingerprint density at radius 2 is 1.83 bits per heavy atom. The molecule has 0 spiro atoms. The lowest BCUT2D eigenvalue weighted by Crippen LogP contribution is -2.47. The second-order valence-electron chi connectivity index (χ2n) is 5.74. The fourth-order valence-corrected chi connectivity index (χ4v) is 3.04. The van der Waals surface area contributed by atoms with E-state index in [0.717, 1.165) is 32.5 Å². The van der Waals surface area contributed by atoms with E-state index in [1.165, 1.54) is 32.1 Å². The third kappa shape index (κ3) is 4.25. The minimum absolute atomic E-state index is 0.0347. The molecule has 1 atom stereocenters. The molecule has 2 fully saturated rings. The van der Waals surface area contributed by atoms with Crippen molar-refractivity contribution in [3.05, 3.63) is 0 Å². The zero-order valence-corrected chi connectivity index (χ0v) is 11.2. The second kappa shape index (κ2) is 7.10. The van der Waals surface area contributed by atoms with Crippen LogP contribution in [-0.4, -0.2) is 31.2 Å². The van der Waals surface area contributed by atoms with Crippen LogP contribution in [0, 0.1) is 5.92 Å². The normalized spacial score (nSPS) is 24.7. The van der Waals surface area contributed by atoms with Crippen LogP contribution in [0.2, 0.25) is 0 Å². The lowest BCUT2D eigenvalue weighted by molar-refractivity contribution is -0.124. The summed E-state index contributed by atoms with van der Waals surface area (Å²) in [4.78, 5) is 12.0. The summed E-state index contributed by atoms with van der Waals surface area (Å²) in [5.74, 6) is 0.696. The number of hydrogen-bond donors (Lipinski definition) is 2. The van der Waals surface area contributed by atoms with E-state index in [0.29, 0.717) is 5.92 Å². The van der Waals surface area contributed by atoms with Crippen molar-refractivity contribution in [3.8, 4) is 0 Å². The van der Waals surface area contributed by atoms with Crippen molar-refractivity contribution < 1.29 is 9.53 Å². The van der Waals surface area contributed by atoms with Crippen LogP contribution >= 0.6 is 0 Å². The fourth-order valence-electron chi connectivity index (χ4n) is 3.04. The van der Waals surface area contributed by atoms with Gasteiger partial charge in [-0.1, -0.05) is 32.1 Å². The molecule has 0 aromatic rings. The van der Waals surface area contributed by atoms with Crippen LogP contribution < -0.4 is 11.1 Å². The maximum atomic E-state index is 12.0. The van der Waals surface area contributed by atoms with Crippen molar-refractivity contribution in [2.75, 3.05) is 13.2 Å². The fraction of sp³-hybridized carbons (Fsp3) is 0.929. The average Bonchev–Trinajstić information content (AvgIpc) is 2.41. The molecule has 0 aromatic carbocycles. The first-order valence-corrected chi connectivity index (χ1v) is 7.39. The molecular weight excluding hydrogens is 228 g/mol. The number of amides is 1. The highest BCUT2D eigenvalue weighted by Crippen LogP contribution is 2.27. The Balaban J connectivity index is 1.69. The zero-order chi connectivity index (χ0) is 12.8. The van der Waals surface area contributed by atoms with Gasteiger partial charge in [0.15, 0.2) is 0 Å². The van der Waals surface area contributed by atoms with E-state index in [1.54, 1.807) is 0 Å². The summed E-state index contributed by atoms with van der Waals surface area (Å²) < 4.78 is 5.28. The number of rotatable bonds is 4. The summed E-state index contributed by atoms with van der Waals surface area (Å²) in [6, 6.07) is -0.0559. The molecule has 3 N–H and O–H groups in total. The van der Waals surface area contributed by atoms with Crippen LogP contribution in [0.1, 0.15) is 51.4 Å². The topological polar surface area (TPSA) is 64.4 Å². The van der Waals surface area contributed by atoms with Gasteiger partial charge in [0, 0.05) is 19.3 Å². The minimum atomic E-state index is -0.323. The molecule has 0 bridgehead atoms. The van der Waals surface area contributed by atoms with Gasteiger partial charge < -0.3 is 15.8 Å². The largest absolute Gasteiger partial charge is 0.381 e.